The van der Waals surface area contributed by atoms with Gasteiger partial charge in [-0.25, -0.2) is 4.57 Å². The fourth-order valence-corrected chi connectivity index (χ4v) is 3.65. The number of nitrogens with one attached hydrogen (secondary N) is 1. The van der Waals surface area contributed by atoms with Crippen molar-refractivity contribution in [2.45, 2.75) is 26.4 Å². The van der Waals surface area contributed by atoms with Gasteiger partial charge in [-0.3, -0.25) is 14.0 Å². The Morgan fingerprint density at radius 1 is 1.29 bits per heavy atom. The van der Waals surface area contributed by atoms with Gasteiger partial charge in [0.05, 0.1) is 12.6 Å². The molecule has 0 unspecified atom stereocenters. The number of hydrogen-bond donors (Lipinski definition) is 2. The van der Waals surface area contributed by atoms with Crippen molar-refractivity contribution < 1.29 is 9.36 Å². The Morgan fingerprint density at radius 3 is 2.74 bits per heavy atom. The highest BCUT2D eigenvalue weighted by atomic mass is 16.2. The molecule has 0 aliphatic rings. The van der Waals surface area contributed by atoms with Crippen LogP contribution >= 0.6 is 0 Å². The molecule has 1 aromatic carbocycles. The van der Waals surface area contributed by atoms with Crippen LogP contribution in [0, 0.1) is 6.92 Å². The summed E-state index contributed by atoms with van der Waals surface area (Å²) in [6, 6.07) is 14.6. The molecule has 0 aliphatic heterocycles. The number of carbonyl (C=O) groups is 1. The number of nitrogens with two attached hydrogens (primary N) is 1. The van der Waals surface area contributed by atoms with E-state index in [1.165, 1.54) is 10.5 Å². The zero-order valence-electron chi connectivity index (χ0n) is 17.5. The molecule has 4 rings (SSSR count). The Kier molecular flexibility index (Phi) is 5.25. The fourth-order valence-electron chi connectivity index (χ4n) is 3.65. The highest BCUT2D eigenvalue weighted by molar-refractivity contribution is 6.00. The van der Waals surface area contributed by atoms with E-state index in [9.17, 15) is 9.59 Å². The number of fused-ring (bicyclic) bond motifs is 2. The minimum Gasteiger partial charge on any atom is -0.345 e. The summed E-state index contributed by atoms with van der Waals surface area (Å²) in [5.74, 6) is -0.129. The summed E-state index contributed by atoms with van der Waals surface area (Å²) < 4.78 is 3.13. The first kappa shape index (κ1) is 20.3. The van der Waals surface area contributed by atoms with E-state index in [-0.39, 0.29) is 28.9 Å². The predicted molar refractivity (Wildman–Crippen MR) is 121 cm³/mol. The average molecular weight is 414 g/mol. The van der Waals surface area contributed by atoms with Gasteiger partial charge in [0.1, 0.15) is 10.9 Å². The number of aryl methyl sites for hydroxylation is 1. The highest BCUT2D eigenvalue weighted by Crippen LogP contribution is 2.17. The smallest absolute Gasteiger partial charge is 0.278 e. The summed E-state index contributed by atoms with van der Waals surface area (Å²) in [5.41, 5.74) is 9.17. The normalized spacial score (nSPS) is 12.1. The second-order valence-electron chi connectivity index (χ2n) is 7.54. The fraction of sp³-hybridized carbons (Fsp3) is 0.167. The molecule has 0 fully saturated rings. The Hall–Kier alpha value is -4.00. The van der Waals surface area contributed by atoms with Gasteiger partial charge in [-0.1, -0.05) is 54.0 Å². The van der Waals surface area contributed by atoms with Crippen molar-refractivity contribution >= 4 is 28.4 Å². The lowest BCUT2D eigenvalue weighted by Crippen LogP contribution is -2.42. The lowest BCUT2D eigenvalue weighted by atomic mass is 10.1. The molecule has 0 aliphatic carbocycles. The van der Waals surface area contributed by atoms with E-state index in [1.54, 1.807) is 22.9 Å². The highest BCUT2D eigenvalue weighted by Gasteiger charge is 2.24. The third-order valence-corrected chi connectivity index (χ3v) is 5.30. The number of carbonyl (C=O) groups excluding carboxylic acids is 1. The molecule has 0 saturated heterocycles. The van der Waals surface area contributed by atoms with E-state index in [1.807, 2.05) is 50.2 Å². The van der Waals surface area contributed by atoms with Gasteiger partial charge in [0.25, 0.3) is 17.1 Å². The summed E-state index contributed by atoms with van der Waals surface area (Å²) in [6.07, 6.45) is 3.39. The number of benzene rings is 1. The summed E-state index contributed by atoms with van der Waals surface area (Å²) in [5, 5.41) is 3.28. The molecule has 3 N–H and O–H groups in total. The monoisotopic (exact) mass is 414 g/mol. The van der Waals surface area contributed by atoms with Gasteiger partial charge in [-0.15, -0.1) is 0 Å². The van der Waals surface area contributed by atoms with Crippen LogP contribution in [0.3, 0.4) is 0 Å². The van der Waals surface area contributed by atoms with Crippen LogP contribution in [0.2, 0.25) is 0 Å². The molecule has 7 heteroatoms. The zero-order chi connectivity index (χ0) is 22.1. The van der Waals surface area contributed by atoms with Crippen molar-refractivity contribution in [2.24, 2.45) is 0 Å². The van der Waals surface area contributed by atoms with Crippen LogP contribution in [-0.4, -0.2) is 15.3 Å². The molecule has 0 saturated carbocycles. The van der Waals surface area contributed by atoms with E-state index in [0.29, 0.717) is 23.2 Å². The van der Waals surface area contributed by atoms with Crippen LogP contribution in [0.15, 0.2) is 72.2 Å². The number of anilines is 1. The molecule has 156 valence electrons. The van der Waals surface area contributed by atoms with Gasteiger partial charge < -0.3 is 11.1 Å². The summed E-state index contributed by atoms with van der Waals surface area (Å²) in [7, 11) is 0. The van der Waals surface area contributed by atoms with Crippen LogP contribution in [-0.2, 0) is 6.54 Å². The van der Waals surface area contributed by atoms with Gasteiger partial charge in [-0.2, -0.15) is 0 Å². The van der Waals surface area contributed by atoms with Gasteiger partial charge >= 0.3 is 0 Å². The van der Waals surface area contributed by atoms with E-state index < -0.39 is 0 Å². The molecule has 3 aromatic heterocycles. The topological polar surface area (TPSA) is 93.4 Å². The lowest BCUT2D eigenvalue weighted by molar-refractivity contribution is -0.648. The number of amides is 1. The second kappa shape index (κ2) is 8.02. The molecule has 7 nitrogen and oxygen atoms in total. The Labute approximate surface area is 179 Å². The molecule has 0 radical (unpaired) electrons. The standard InChI is InChI=1S/C24H23N5O2/c1-4-12-28-21(25)18(23(30)26-16(3)17-8-6-5-7-9-17)13-19-22(28)27-20-11-10-15(2)14-29(20)24(19)31/h4-11,13-14,16,25H,1,12H2,2-3H3,(H,26,30)/p+1/t16-/m0/s1. The molecule has 0 bridgehead atoms. The first-order valence-electron chi connectivity index (χ1n) is 10.0. The third-order valence-electron chi connectivity index (χ3n) is 5.30. The van der Waals surface area contributed by atoms with E-state index >= 15 is 0 Å². The molecule has 31 heavy (non-hydrogen) atoms. The number of hydrogen-bond acceptors (Lipinski definition) is 4. The molecular formula is C24H24N5O2+. The van der Waals surface area contributed by atoms with Gasteiger partial charge in [0, 0.05) is 6.20 Å². The van der Waals surface area contributed by atoms with Crippen LogP contribution in [0.25, 0.3) is 16.7 Å². The molecule has 1 amide bonds. The van der Waals surface area contributed by atoms with Crippen molar-refractivity contribution in [3.8, 4) is 0 Å². The van der Waals surface area contributed by atoms with Crippen molar-refractivity contribution in [3.05, 3.63) is 94.4 Å². The maximum absolute atomic E-state index is 13.2. The maximum atomic E-state index is 13.2. The van der Waals surface area contributed by atoms with Crippen LogP contribution in [0.4, 0.5) is 5.82 Å². The third kappa shape index (κ3) is 3.66. The number of aromatic nitrogens is 3. The van der Waals surface area contributed by atoms with Crippen LogP contribution in [0.1, 0.15) is 34.5 Å². The quantitative estimate of drug-likeness (QED) is 0.298. The number of pyridine rings is 2. The minimum atomic E-state index is -0.359. The SMILES string of the molecule is C=CC[n+]1c(N)c(C(=O)N[C@@H](C)c2ccccc2)cc2c(=O)n3cc(C)ccc3nc21. The van der Waals surface area contributed by atoms with Crippen molar-refractivity contribution in [2.75, 3.05) is 5.73 Å². The first-order valence-corrected chi connectivity index (χ1v) is 10.0. The van der Waals surface area contributed by atoms with E-state index in [4.69, 9.17) is 5.73 Å². The maximum Gasteiger partial charge on any atom is 0.278 e. The summed E-state index contributed by atoms with van der Waals surface area (Å²) in [4.78, 5) is 31.0. The molecule has 4 aromatic rings. The molecule has 1 atom stereocenters. The number of rotatable bonds is 5. The molecular weight excluding hydrogens is 390 g/mol. The van der Waals surface area contributed by atoms with Crippen LogP contribution < -0.4 is 21.2 Å². The second-order valence-corrected chi connectivity index (χ2v) is 7.54. The summed E-state index contributed by atoms with van der Waals surface area (Å²) >= 11 is 0. The van der Waals surface area contributed by atoms with E-state index in [0.717, 1.165) is 11.1 Å². The minimum absolute atomic E-state index is 0.226. The Balaban J connectivity index is 1.89. The zero-order valence-corrected chi connectivity index (χ0v) is 17.5. The van der Waals surface area contributed by atoms with Crippen LogP contribution in [0.5, 0.6) is 0 Å². The Morgan fingerprint density at radius 2 is 2.03 bits per heavy atom. The number of nitrogens with zero attached hydrogens (tertiary/aromatic N) is 3. The predicted octanol–water partition coefficient (Wildman–Crippen LogP) is 2.70. The number of allylic oxidation sites excluding steroid dienone is 1. The summed E-state index contributed by atoms with van der Waals surface area (Å²) in [6.45, 7) is 7.89. The van der Waals surface area contributed by atoms with Crippen molar-refractivity contribution in [1.82, 2.24) is 14.7 Å². The van der Waals surface area contributed by atoms with Gasteiger partial charge in [0.15, 0.2) is 0 Å². The van der Waals surface area contributed by atoms with Gasteiger partial charge in [0.2, 0.25) is 11.5 Å². The molecule has 0 spiro atoms. The largest absolute Gasteiger partial charge is 0.345 e. The van der Waals surface area contributed by atoms with Crippen molar-refractivity contribution in [1.29, 1.82) is 0 Å². The molecule has 3 heterocycles. The van der Waals surface area contributed by atoms with Crippen molar-refractivity contribution in [3.63, 3.8) is 0 Å². The van der Waals surface area contributed by atoms with E-state index in [2.05, 4.69) is 16.9 Å². The first-order chi connectivity index (χ1) is 14.9. The number of nitrogen functional groups attached to an aromatic ring is 1. The Bertz CT molecular complexity index is 1380. The lowest BCUT2D eigenvalue weighted by Gasteiger charge is -2.16. The average Bonchev–Trinajstić information content (AvgIpc) is 2.77. The van der Waals surface area contributed by atoms with Gasteiger partial charge in [-0.05, 0) is 37.1 Å².